The minimum Gasteiger partial charge on any atom is -0.294 e. The first-order chi connectivity index (χ1) is 17.3. The zero-order valence-electron chi connectivity index (χ0n) is 19.7. The van der Waals surface area contributed by atoms with Gasteiger partial charge < -0.3 is 0 Å². The van der Waals surface area contributed by atoms with Crippen LogP contribution in [0.15, 0.2) is 40.9 Å². The van der Waals surface area contributed by atoms with Crippen molar-refractivity contribution < 1.29 is 43.9 Å². The minimum absolute atomic E-state index is 0.0879. The number of alkyl halides is 6. The molecule has 14 heteroatoms. The number of halogens is 10. The molecule has 0 fully saturated rings. The molecule has 0 bridgehead atoms. The summed E-state index contributed by atoms with van der Waals surface area (Å²) in [6, 6.07) is 3.42. The fraction of sp³-hybridized carbons (Fsp3) is 0.375. The summed E-state index contributed by atoms with van der Waals surface area (Å²) in [6.07, 6.45) is -10.7. The Balaban J connectivity index is 2.52. The number of carbonyl (C=O) groups excluding carboxylic acids is 1. The number of benzene rings is 2. The minimum atomic E-state index is -5.16. The van der Waals surface area contributed by atoms with Gasteiger partial charge in [-0.3, -0.25) is 4.79 Å². The monoisotopic (exact) mass is 670 g/mol. The highest BCUT2D eigenvalue weighted by Crippen LogP contribution is 2.43. The highest BCUT2D eigenvalue weighted by Gasteiger charge is 2.41. The molecule has 210 valence electrons. The van der Waals surface area contributed by atoms with Gasteiger partial charge in [0, 0.05) is 23.3 Å². The van der Waals surface area contributed by atoms with Crippen molar-refractivity contribution in [2.45, 2.75) is 38.5 Å². The van der Waals surface area contributed by atoms with Crippen LogP contribution in [-0.2, 0) is 16.0 Å². The van der Waals surface area contributed by atoms with E-state index in [-0.39, 0.29) is 32.4 Å². The van der Waals surface area contributed by atoms with Crippen molar-refractivity contribution in [3.05, 3.63) is 73.2 Å². The number of ketones is 1. The first kappa shape index (κ1) is 32.6. The molecule has 2 aromatic rings. The molecule has 0 N–H and O–H groups in total. The van der Waals surface area contributed by atoms with Crippen LogP contribution in [0.5, 0.6) is 0 Å². The van der Waals surface area contributed by atoms with E-state index in [1.54, 1.807) is 0 Å². The van der Waals surface area contributed by atoms with E-state index in [1.165, 1.54) is 13.8 Å². The van der Waals surface area contributed by atoms with Gasteiger partial charge in [0.15, 0.2) is 5.78 Å². The molecule has 0 saturated heterocycles. The highest BCUT2D eigenvalue weighted by molar-refractivity contribution is 9.10. The summed E-state index contributed by atoms with van der Waals surface area (Å²) in [6.45, 7) is 2.77. The third-order valence-electron chi connectivity index (χ3n) is 5.44. The Morgan fingerprint density at radius 2 is 1.61 bits per heavy atom. The van der Waals surface area contributed by atoms with Crippen molar-refractivity contribution in [2.24, 2.45) is 5.92 Å². The third kappa shape index (κ3) is 8.43. The zero-order chi connectivity index (χ0) is 29.2. The number of rotatable bonds is 9. The average Bonchev–Trinajstić information content (AvgIpc) is 2.78. The second-order valence-corrected chi connectivity index (χ2v) is 12.5. The van der Waals surface area contributed by atoms with Gasteiger partial charge in [-0.2, -0.15) is 26.3 Å². The van der Waals surface area contributed by atoms with Crippen LogP contribution in [0.1, 0.15) is 53.2 Å². The molecule has 0 spiro atoms. The largest absolute Gasteiger partial charge is 0.417 e. The lowest BCUT2D eigenvalue weighted by Crippen LogP contribution is -2.20. The predicted molar refractivity (Wildman–Crippen MR) is 136 cm³/mol. The van der Waals surface area contributed by atoms with Crippen LogP contribution in [-0.4, -0.2) is 31.9 Å². The van der Waals surface area contributed by atoms with Crippen LogP contribution >= 0.6 is 39.1 Å². The number of hydrogen-bond donors (Lipinski definition) is 0. The topological polar surface area (TPSA) is 51.2 Å². The molecule has 0 amide bonds. The van der Waals surface area contributed by atoms with Gasteiger partial charge in [0.05, 0.1) is 25.8 Å². The van der Waals surface area contributed by atoms with Crippen LogP contribution in [0.2, 0.25) is 10.0 Å². The van der Waals surface area contributed by atoms with Gasteiger partial charge >= 0.3 is 12.4 Å². The Bertz CT molecular complexity index is 1320. The van der Waals surface area contributed by atoms with Gasteiger partial charge in [0.25, 0.3) is 0 Å². The summed E-state index contributed by atoms with van der Waals surface area (Å²) < 4.78 is 121. The van der Waals surface area contributed by atoms with Crippen molar-refractivity contribution in [1.82, 2.24) is 0 Å². The van der Waals surface area contributed by atoms with E-state index in [1.807, 2.05) is 0 Å². The Labute approximate surface area is 233 Å². The number of sulfone groups is 1. The van der Waals surface area contributed by atoms with E-state index in [9.17, 15) is 43.9 Å². The first-order valence-electron chi connectivity index (χ1n) is 10.8. The zero-order valence-corrected chi connectivity index (χ0v) is 23.6. The van der Waals surface area contributed by atoms with E-state index in [2.05, 4.69) is 15.9 Å². The maximum atomic E-state index is 15.0. The fourth-order valence-electron chi connectivity index (χ4n) is 3.58. The lowest BCUT2D eigenvalue weighted by molar-refractivity contribution is -0.140. The lowest BCUT2D eigenvalue weighted by atomic mass is 9.93. The summed E-state index contributed by atoms with van der Waals surface area (Å²) in [5.74, 6) is -6.72. The van der Waals surface area contributed by atoms with Gasteiger partial charge in [-0.05, 0) is 51.7 Å². The van der Waals surface area contributed by atoms with Crippen LogP contribution in [0, 0.1) is 5.92 Å². The molecule has 0 aliphatic carbocycles. The lowest BCUT2D eigenvalue weighted by Gasteiger charge is -2.19. The molecule has 0 saturated carbocycles. The Hall–Kier alpha value is -1.63. The summed E-state index contributed by atoms with van der Waals surface area (Å²) in [5.41, 5.74) is -3.82. The normalized spacial score (nSPS) is 14.9. The third-order valence-corrected chi connectivity index (χ3v) is 9.31. The standard InChI is InChI=1S/C24H20BrCl2F7O3S/c1-3-38(36,37)11-12(2)6-21(35)15-5-4-13(7-17(15)24(32,33)34)20(28)10-16(23(29,30)31)14-8-18(26)22(25)19(27)9-14/h4-5,7-10,12,16H,3,6,11H2,1-2H3/b20-10-/t12-,16?/m0/s1. The van der Waals surface area contributed by atoms with Crippen LogP contribution in [0.3, 0.4) is 0 Å². The molecule has 0 aliphatic heterocycles. The van der Waals surface area contributed by atoms with Gasteiger partial charge in [-0.1, -0.05) is 49.2 Å². The van der Waals surface area contributed by atoms with Crippen LogP contribution < -0.4 is 0 Å². The molecule has 1 unspecified atom stereocenters. The smallest absolute Gasteiger partial charge is 0.294 e. The van der Waals surface area contributed by atoms with Crippen molar-refractivity contribution in [2.75, 3.05) is 11.5 Å². The molecule has 3 nitrogen and oxygen atoms in total. The molecular weight excluding hydrogens is 652 g/mol. The fourth-order valence-corrected chi connectivity index (χ4v) is 5.54. The van der Waals surface area contributed by atoms with E-state index in [4.69, 9.17) is 23.2 Å². The Morgan fingerprint density at radius 3 is 2.08 bits per heavy atom. The molecule has 2 atom stereocenters. The number of carbonyl (C=O) groups is 1. The SMILES string of the molecule is CCS(=O)(=O)C[C@@H](C)CC(=O)c1ccc(/C(F)=C/C(c2cc(Cl)c(Br)c(Cl)c2)C(F)(F)F)cc1C(F)(F)F. The average molecular weight is 672 g/mol. The Kier molecular flexibility index (Phi) is 10.5. The molecule has 0 aliphatic rings. The second kappa shape index (κ2) is 12.3. The van der Waals surface area contributed by atoms with Crippen molar-refractivity contribution in [1.29, 1.82) is 0 Å². The summed E-state index contributed by atoms with van der Waals surface area (Å²) >= 11 is 14.7. The summed E-state index contributed by atoms with van der Waals surface area (Å²) in [7, 11) is -3.50. The molecule has 0 radical (unpaired) electrons. The quantitative estimate of drug-likeness (QED) is 0.152. The molecule has 2 aromatic carbocycles. The summed E-state index contributed by atoms with van der Waals surface area (Å²) in [4.78, 5) is 12.6. The predicted octanol–water partition coefficient (Wildman–Crippen LogP) is 9.07. The molecule has 0 aromatic heterocycles. The van der Waals surface area contributed by atoms with Crippen LogP contribution in [0.25, 0.3) is 5.83 Å². The number of hydrogen-bond acceptors (Lipinski definition) is 3. The van der Waals surface area contributed by atoms with Crippen LogP contribution in [0.4, 0.5) is 30.7 Å². The van der Waals surface area contributed by atoms with Crippen molar-refractivity contribution >= 4 is 60.6 Å². The summed E-state index contributed by atoms with van der Waals surface area (Å²) in [5, 5.41) is -0.391. The van der Waals surface area contributed by atoms with Gasteiger partial charge in [-0.15, -0.1) is 0 Å². The van der Waals surface area contributed by atoms with Crippen molar-refractivity contribution in [3.8, 4) is 0 Å². The van der Waals surface area contributed by atoms with E-state index in [0.29, 0.717) is 6.07 Å². The molecule has 38 heavy (non-hydrogen) atoms. The van der Waals surface area contributed by atoms with E-state index in [0.717, 1.165) is 18.2 Å². The maximum Gasteiger partial charge on any atom is 0.417 e. The maximum absolute atomic E-state index is 15.0. The van der Waals surface area contributed by atoms with Crippen molar-refractivity contribution in [3.63, 3.8) is 0 Å². The van der Waals surface area contributed by atoms with Gasteiger partial charge in [0.1, 0.15) is 21.6 Å². The second-order valence-electron chi connectivity index (χ2n) is 8.52. The molecule has 0 heterocycles. The van der Waals surface area contributed by atoms with Gasteiger partial charge in [0.2, 0.25) is 0 Å². The van der Waals surface area contributed by atoms with E-state index < -0.39 is 80.1 Å². The number of Topliss-reactive ketones (excluding diaryl/α,β-unsaturated/α-hetero) is 1. The molecule has 2 rings (SSSR count). The van der Waals surface area contributed by atoms with Gasteiger partial charge in [-0.25, -0.2) is 12.8 Å². The van der Waals surface area contributed by atoms with E-state index >= 15 is 0 Å². The highest BCUT2D eigenvalue weighted by atomic mass is 79.9. The first-order valence-corrected chi connectivity index (χ1v) is 14.2. The Morgan fingerprint density at radius 1 is 1.05 bits per heavy atom. The number of allylic oxidation sites excluding steroid dienone is 1. The molecular formula is C24H20BrCl2F7O3S.